The predicted octanol–water partition coefficient (Wildman–Crippen LogP) is 2.84. The van der Waals surface area contributed by atoms with Crippen LogP contribution in [0.25, 0.3) is 16.9 Å². The molecule has 0 unspecified atom stereocenters. The molecule has 0 amide bonds. The summed E-state index contributed by atoms with van der Waals surface area (Å²) in [4.78, 5) is 4.57. The number of fused-ring (bicyclic) bond motifs is 1. The highest BCUT2D eigenvalue weighted by molar-refractivity contribution is 5.66. The van der Waals surface area contributed by atoms with E-state index in [2.05, 4.69) is 20.5 Å². The van der Waals surface area contributed by atoms with Crippen molar-refractivity contribution in [3.8, 4) is 11.3 Å². The van der Waals surface area contributed by atoms with Crippen LogP contribution in [0.1, 0.15) is 0 Å². The number of nitrogens with one attached hydrogen (secondary N) is 1. The number of hydrogen-bond donors (Lipinski definition) is 1. The third-order valence-corrected chi connectivity index (χ3v) is 3.71. The van der Waals surface area contributed by atoms with Crippen LogP contribution in [0.5, 0.6) is 0 Å². The van der Waals surface area contributed by atoms with Crippen LogP contribution in [0.4, 0.5) is 10.2 Å². The maximum absolute atomic E-state index is 13.1. The van der Waals surface area contributed by atoms with E-state index in [1.165, 1.54) is 12.1 Å². The van der Waals surface area contributed by atoms with Gasteiger partial charge in [-0.25, -0.2) is 9.37 Å². The molecule has 0 atom stereocenters. The van der Waals surface area contributed by atoms with Gasteiger partial charge in [-0.2, -0.15) is 14.7 Å². The summed E-state index contributed by atoms with van der Waals surface area (Å²) in [5.41, 5.74) is 2.36. The lowest BCUT2D eigenvalue weighted by Crippen LogP contribution is -2.13. The van der Waals surface area contributed by atoms with Gasteiger partial charge in [0, 0.05) is 36.6 Å². The van der Waals surface area contributed by atoms with Gasteiger partial charge in [-0.05, 0) is 30.3 Å². The highest BCUT2D eigenvalue weighted by Gasteiger charge is 2.08. The summed E-state index contributed by atoms with van der Waals surface area (Å²) in [7, 11) is 0. The molecule has 0 saturated heterocycles. The van der Waals surface area contributed by atoms with Gasteiger partial charge in [0.1, 0.15) is 11.6 Å². The molecule has 120 valence electrons. The van der Waals surface area contributed by atoms with Gasteiger partial charge in [0.25, 0.3) is 0 Å². The van der Waals surface area contributed by atoms with Gasteiger partial charge in [-0.15, -0.1) is 0 Å². The molecule has 0 aliphatic heterocycles. The van der Waals surface area contributed by atoms with Crippen LogP contribution >= 0.6 is 0 Å². The lowest BCUT2D eigenvalue weighted by atomic mass is 10.1. The second-order valence-electron chi connectivity index (χ2n) is 5.33. The molecular formula is C17H15FN6. The topological polar surface area (TPSA) is 60.0 Å². The summed E-state index contributed by atoms with van der Waals surface area (Å²) >= 11 is 0. The van der Waals surface area contributed by atoms with E-state index in [1.54, 1.807) is 29.0 Å². The number of aromatic nitrogens is 5. The average Bonchev–Trinajstić information content (AvgIpc) is 3.26. The molecule has 0 spiro atoms. The van der Waals surface area contributed by atoms with Crippen molar-refractivity contribution in [2.45, 2.75) is 6.54 Å². The van der Waals surface area contributed by atoms with Crippen molar-refractivity contribution in [3.05, 3.63) is 66.9 Å². The summed E-state index contributed by atoms with van der Waals surface area (Å²) < 4.78 is 16.7. The monoisotopic (exact) mass is 322 g/mol. The Labute approximate surface area is 137 Å². The fourth-order valence-electron chi connectivity index (χ4n) is 2.54. The zero-order valence-corrected chi connectivity index (χ0v) is 12.8. The molecular weight excluding hydrogens is 307 g/mol. The number of anilines is 1. The van der Waals surface area contributed by atoms with Crippen molar-refractivity contribution in [1.29, 1.82) is 0 Å². The molecule has 0 fully saturated rings. The van der Waals surface area contributed by atoms with Gasteiger partial charge in [-0.3, -0.25) is 4.68 Å². The molecule has 24 heavy (non-hydrogen) atoms. The Hall–Kier alpha value is -3.22. The fraction of sp³-hybridized carbons (Fsp3) is 0.118. The van der Waals surface area contributed by atoms with Crippen molar-refractivity contribution in [1.82, 2.24) is 24.4 Å². The van der Waals surface area contributed by atoms with Crippen LogP contribution in [-0.4, -0.2) is 30.9 Å². The van der Waals surface area contributed by atoms with E-state index >= 15 is 0 Å². The molecule has 1 aromatic carbocycles. The molecule has 3 heterocycles. The largest absolute Gasteiger partial charge is 0.368 e. The van der Waals surface area contributed by atoms with Crippen molar-refractivity contribution in [3.63, 3.8) is 0 Å². The van der Waals surface area contributed by atoms with Gasteiger partial charge >= 0.3 is 0 Å². The molecule has 3 aromatic heterocycles. The first kappa shape index (κ1) is 14.4. The minimum Gasteiger partial charge on any atom is -0.368 e. The Balaban J connectivity index is 1.63. The normalized spacial score (nSPS) is 11.0. The molecule has 0 aliphatic carbocycles. The fourth-order valence-corrected chi connectivity index (χ4v) is 2.54. The van der Waals surface area contributed by atoms with Crippen LogP contribution < -0.4 is 5.32 Å². The molecule has 4 rings (SSSR count). The van der Waals surface area contributed by atoms with Crippen molar-refractivity contribution in [2.75, 3.05) is 11.9 Å². The van der Waals surface area contributed by atoms with Crippen LogP contribution in [0, 0.1) is 5.82 Å². The lowest BCUT2D eigenvalue weighted by Gasteiger charge is -2.11. The number of halogens is 1. The van der Waals surface area contributed by atoms with Crippen molar-refractivity contribution >= 4 is 11.5 Å². The maximum atomic E-state index is 13.1. The highest BCUT2D eigenvalue weighted by Crippen LogP contribution is 2.22. The van der Waals surface area contributed by atoms with Gasteiger partial charge < -0.3 is 5.32 Å². The Kier molecular flexibility index (Phi) is 3.66. The molecule has 7 heteroatoms. The Morgan fingerprint density at radius 3 is 2.71 bits per heavy atom. The Bertz CT molecular complexity index is 943. The van der Waals surface area contributed by atoms with Crippen molar-refractivity contribution in [2.24, 2.45) is 0 Å². The zero-order valence-electron chi connectivity index (χ0n) is 12.8. The first-order valence-electron chi connectivity index (χ1n) is 7.62. The van der Waals surface area contributed by atoms with Crippen LogP contribution in [-0.2, 0) is 6.54 Å². The first-order chi connectivity index (χ1) is 11.8. The maximum Gasteiger partial charge on any atom is 0.157 e. The number of hydrogen-bond acceptors (Lipinski definition) is 4. The lowest BCUT2D eigenvalue weighted by molar-refractivity contribution is 0.628. The van der Waals surface area contributed by atoms with Gasteiger partial charge in [0.15, 0.2) is 5.65 Å². The number of rotatable bonds is 5. The molecule has 0 saturated carbocycles. The van der Waals surface area contributed by atoms with Gasteiger partial charge in [-0.1, -0.05) is 0 Å². The van der Waals surface area contributed by atoms with E-state index in [0.29, 0.717) is 6.54 Å². The zero-order chi connectivity index (χ0) is 16.4. The van der Waals surface area contributed by atoms with Gasteiger partial charge in [0.05, 0.1) is 18.4 Å². The SMILES string of the molecule is Fc1ccc(-c2cc(NCCn3cccn3)n3nccc3n2)cc1. The van der Waals surface area contributed by atoms with E-state index in [4.69, 9.17) is 0 Å². The summed E-state index contributed by atoms with van der Waals surface area (Å²) in [5, 5.41) is 11.8. The summed E-state index contributed by atoms with van der Waals surface area (Å²) in [6, 6.07) is 12.0. The van der Waals surface area contributed by atoms with E-state index in [9.17, 15) is 4.39 Å². The number of nitrogens with zero attached hydrogens (tertiary/aromatic N) is 5. The second kappa shape index (κ2) is 6.11. The molecule has 0 aliphatic rings. The quantitative estimate of drug-likeness (QED) is 0.614. The summed E-state index contributed by atoms with van der Waals surface area (Å²) in [6.45, 7) is 1.44. The average molecular weight is 322 g/mol. The van der Waals surface area contributed by atoms with Crippen LogP contribution in [0.15, 0.2) is 61.1 Å². The van der Waals surface area contributed by atoms with E-state index in [-0.39, 0.29) is 5.82 Å². The van der Waals surface area contributed by atoms with Crippen LogP contribution in [0.2, 0.25) is 0 Å². The minimum absolute atomic E-state index is 0.262. The molecule has 6 nitrogen and oxygen atoms in total. The molecule has 1 N–H and O–H groups in total. The highest BCUT2D eigenvalue weighted by atomic mass is 19.1. The standard InChI is InChI=1S/C17H15FN6/c18-14-4-2-13(3-5-14)15-12-17(24-16(22-15)6-8-21-24)19-9-11-23-10-1-7-20-23/h1-8,10,12,19H,9,11H2. The second-order valence-corrected chi connectivity index (χ2v) is 5.33. The van der Waals surface area contributed by atoms with E-state index < -0.39 is 0 Å². The van der Waals surface area contributed by atoms with Gasteiger partial charge in [0.2, 0.25) is 0 Å². The third-order valence-electron chi connectivity index (χ3n) is 3.71. The van der Waals surface area contributed by atoms with E-state index in [0.717, 1.165) is 29.3 Å². The molecule has 0 radical (unpaired) electrons. The number of benzene rings is 1. The Morgan fingerprint density at radius 2 is 1.92 bits per heavy atom. The smallest absolute Gasteiger partial charge is 0.157 e. The summed E-state index contributed by atoms with van der Waals surface area (Å²) in [6.07, 6.45) is 5.38. The van der Waals surface area contributed by atoms with Crippen molar-refractivity contribution < 1.29 is 4.39 Å². The molecule has 4 aromatic rings. The molecule has 0 bridgehead atoms. The summed E-state index contributed by atoms with van der Waals surface area (Å²) in [5.74, 6) is 0.568. The Morgan fingerprint density at radius 1 is 1.04 bits per heavy atom. The predicted molar refractivity (Wildman–Crippen MR) is 89.1 cm³/mol. The first-order valence-corrected chi connectivity index (χ1v) is 7.62. The third kappa shape index (κ3) is 2.83. The van der Waals surface area contributed by atoms with E-state index in [1.807, 2.05) is 29.1 Å². The van der Waals surface area contributed by atoms with Crippen LogP contribution in [0.3, 0.4) is 0 Å². The minimum atomic E-state index is -0.262.